The second kappa shape index (κ2) is 9.70. The van der Waals surface area contributed by atoms with E-state index in [-0.39, 0.29) is 48.6 Å². The van der Waals surface area contributed by atoms with Gasteiger partial charge in [-0.15, -0.1) is 24.0 Å². The van der Waals surface area contributed by atoms with Gasteiger partial charge in [-0.1, -0.05) is 18.9 Å². The zero-order valence-electron chi connectivity index (χ0n) is 14.4. The fraction of sp³-hybridized carbons (Fsp3) is 0.588. The number of aliphatic imine (C=N–C) groups is 1. The van der Waals surface area contributed by atoms with Crippen LogP contribution in [0.1, 0.15) is 37.7 Å². The van der Waals surface area contributed by atoms with Gasteiger partial charge in [0.05, 0.1) is 6.42 Å². The predicted molar refractivity (Wildman–Crippen MR) is 102 cm³/mol. The molecule has 0 heterocycles. The number of rotatable bonds is 5. The summed E-state index contributed by atoms with van der Waals surface area (Å²) >= 11 is 0. The number of nitrogens with zero attached hydrogens (tertiary/aromatic N) is 1. The number of hydrogen-bond donors (Lipinski definition) is 2. The smallest absolute Gasteiger partial charge is 0.356 e. The topological polar surface area (TPSA) is 36.4 Å². The van der Waals surface area contributed by atoms with Gasteiger partial charge in [-0.3, -0.25) is 4.99 Å². The molecule has 1 fully saturated rings. The number of guanidine groups is 1. The van der Waals surface area contributed by atoms with Crippen LogP contribution in [-0.4, -0.2) is 32.3 Å². The second-order valence-electron chi connectivity index (χ2n) is 6.30. The van der Waals surface area contributed by atoms with Gasteiger partial charge in [0, 0.05) is 31.1 Å². The van der Waals surface area contributed by atoms with E-state index in [2.05, 4.69) is 15.6 Å². The Morgan fingerprint density at radius 2 is 1.69 bits per heavy atom. The Balaban J connectivity index is 0.00000338. The highest BCUT2D eigenvalue weighted by molar-refractivity contribution is 14.0. The van der Waals surface area contributed by atoms with Gasteiger partial charge in [-0.2, -0.15) is 13.2 Å². The molecule has 1 aliphatic rings. The second-order valence-corrected chi connectivity index (χ2v) is 6.30. The Morgan fingerprint density at radius 1 is 1.12 bits per heavy atom. The zero-order chi connectivity index (χ0) is 18.5. The lowest BCUT2D eigenvalue weighted by Gasteiger charge is -2.31. The van der Waals surface area contributed by atoms with Gasteiger partial charge in [0.2, 0.25) is 0 Å². The summed E-state index contributed by atoms with van der Waals surface area (Å²) in [5.41, 5.74) is -0.678. The summed E-state index contributed by atoms with van der Waals surface area (Å²) in [6, 6.07) is 3.78. The van der Waals surface area contributed by atoms with Crippen molar-refractivity contribution in [3.8, 4) is 0 Å². The van der Waals surface area contributed by atoms with E-state index in [9.17, 15) is 22.0 Å². The fourth-order valence-corrected chi connectivity index (χ4v) is 3.37. The normalized spacial score (nSPS) is 16.9. The van der Waals surface area contributed by atoms with Gasteiger partial charge in [-0.05, 0) is 25.0 Å². The summed E-state index contributed by atoms with van der Waals surface area (Å²) in [5.74, 6) is -1.00. The zero-order valence-corrected chi connectivity index (χ0v) is 16.8. The van der Waals surface area contributed by atoms with E-state index in [1.165, 1.54) is 25.2 Å². The third kappa shape index (κ3) is 5.95. The molecule has 0 spiro atoms. The standard InChI is InChI=1S/C17H22F5N3.HI/c1-23-15(24-10-9-17(20,21)22)25-11-16(7-2-3-8-16)14-12(18)5-4-6-13(14)19;/h4-6H,2-3,7-11H2,1H3,(H2,23,24,25);1H. The van der Waals surface area contributed by atoms with Crippen LogP contribution in [0.4, 0.5) is 22.0 Å². The van der Waals surface area contributed by atoms with Crippen LogP contribution in [0.25, 0.3) is 0 Å². The molecule has 0 saturated heterocycles. The predicted octanol–water partition coefficient (Wildman–Crippen LogP) is 4.51. The Bertz CT molecular complexity index is 593. The maximum Gasteiger partial charge on any atom is 0.390 e. The van der Waals surface area contributed by atoms with E-state index < -0.39 is 29.6 Å². The minimum atomic E-state index is -4.26. The fourth-order valence-electron chi connectivity index (χ4n) is 3.37. The maximum absolute atomic E-state index is 14.2. The van der Waals surface area contributed by atoms with E-state index >= 15 is 0 Å². The number of benzene rings is 1. The summed E-state index contributed by atoms with van der Waals surface area (Å²) in [6.07, 6.45) is -2.34. The quantitative estimate of drug-likeness (QED) is 0.275. The number of hydrogen-bond acceptors (Lipinski definition) is 1. The third-order valence-electron chi connectivity index (χ3n) is 4.57. The molecule has 0 bridgehead atoms. The molecule has 1 aromatic carbocycles. The number of alkyl halides is 3. The minimum Gasteiger partial charge on any atom is -0.356 e. The van der Waals surface area contributed by atoms with Crippen LogP contribution in [0.3, 0.4) is 0 Å². The van der Waals surface area contributed by atoms with Gasteiger partial charge in [0.1, 0.15) is 11.6 Å². The van der Waals surface area contributed by atoms with Crippen LogP contribution >= 0.6 is 24.0 Å². The van der Waals surface area contributed by atoms with E-state index in [1.807, 2.05) is 0 Å². The van der Waals surface area contributed by atoms with Crippen molar-refractivity contribution < 1.29 is 22.0 Å². The summed E-state index contributed by atoms with van der Waals surface area (Å²) in [6.45, 7) is -0.110. The summed E-state index contributed by atoms with van der Waals surface area (Å²) in [5, 5.41) is 5.51. The molecule has 0 atom stereocenters. The van der Waals surface area contributed by atoms with Crippen LogP contribution in [0.15, 0.2) is 23.2 Å². The molecule has 1 aromatic rings. The van der Waals surface area contributed by atoms with Crippen LogP contribution in [0, 0.1) is 11.6 Å². The van der Waals surface area contributed by atoms with E-state index in [4.69, 9.17) is 0 Å². The van der Waals surface area contributed by atoms with Crippen molar-refractivity contribution >= 4 is 29.9 Å². The van der Waals surface area contributed by atoms with Crippen LogP contribution < -0.4 is 10.6 Å². The molecule has 9 heteroatoms. The molecular weight excluding hydrogens is 468 g/mol. The van der Waals surface area contributed by atoms with E-state index in [0.717, 1.165) is 12.8 Å². The monoisotopic (exact) mass is 491 g/mol. The van der Waals surface area contributed by atoms with Crippen molar-refractivity contribution in [3.63, 3.8) is 0 Å². The molecule has 0 amide bonds. The summed E-state index contributed by atoms with van der Waals surface area (Å²) in [4.78, 5) is 3.88. The molecule has 2 rings (SSSR count). The lowest BCUT2D eigenvalue weighted by molar-refractivity contribution is -0.132. The van der Waals surface area contributed by atoms with Crippen LogP contribution in [0.2, 0.25) is 0 Å². The molecule has 148 valence electrons. The Morgan fingerprint density at radius 3 is 2.19 bits per heavy atom. The summed E-state index contributed by atoms with van der Waals surface area (Å²) < 4.78 is 65.2. The average molecular weight is 491 g/mol. The minimum absolute atomic E-state index is 0. The number of halogens is 6. The van der Waals surface area contributed by atoms with E-state index in [0.29, 0.717) is 12.8 Å². The van der Waals surface area contributed by atoms with Gasteiger partial charge in [0.25, 0.3) is 0 Å². The first-order chi connectivity index (χ1) is 11.8. The molecule has 3 nitrogen and oxygen atoms in total. The third-order valence-corrected chi connectivity index (χ3v) is 4.57. The SMILES string of the molecule is CN=C(NCCC(F)(F)F)NCC1(c2c(F)cccc2F)CCCC1.I. The molecule has 26 heavy (non-hydrogen) atoms. The van der Waals surface area contributed by atoms with Gasteiger partial charge < -0.3 is 10.6 Å². The highest BCUT2D eigenvalue weighted by atomic mass is 127. The van der Waals surface area contributed by atoms with Crippen molar-refractivity contribution in [3.05, 3.63) is 35.4 Å². The van der Waals surface area contributed by atoms with Crippen molar-refractivity contribution in [2.24, 2.45) is 4.99 Å². The molecule has 0 radical (unpaired) electrons. The Kier molecular flexibility index (Phi) is 8.55. The van der Waals surface area contributed by atoms with Crippen molar-refractivity contribution in [1.82, 2.24) is 10.6 Å². The van der Waals surface area contributed by atoms with Gasteiger partial charge in [0.15, 0.2) is 5.96 Å². The lowest BCUT2D eigenvalue weighted by atomic mass is 9.78. The van der Waals surface area contributed by atoms with Gasteiger partial charge in [-0.25, -0.2) is 8.78 Å². The van der Waals surface area contributed by atoms with Crippen molar-refractivity contribution in [2.45, 2.75) is 43.7 Å². The Hall–Kier alpha value is -1.13. The first-order valence-electron chi connectivity index (χ1n) is 8.23. The molecule has 0 aromatic heterocycles. The highest BCUT2D eigenvalue weighted by Gasteiger charge is 2.40. The maximum atomic E-state index is 14.2. The van der Waals surface area contributed by atoms with Crippen molar-refractivity contribution in [2.75, 3.05) is 20.1 Å². The Labute approximate surface area is 166 Å². The number of nitrogens with one attached hydrogen (secondary N) is 2. The lowest BCUT2D eigenvalue weighted by Crippen LogP contribution is -2.46. The first kappa shape index (κ1) is 22.9. The van der Waals surface area contributed by atoms with Crippen molar-refractivity contribution in [1.29, 1.82) is 0 Å². The average Bonchev–Trinajstić information content (AvgIpc) is 2.99. The molecular formula is C17H23F5IN3. The largest absolute Gasteiger partial charge is 0.390 e. The van der Waals surface area contributed by atoms with Crippen LogP contribution in [0.5, 0.6) is 0 Å². The molecule has 2 N–H and O–H groups in total. The van der Waals surface area contributed by atoms with Gasteiger partial charge >= 0.3 is 6.18 Å². The molecule has 0 aliphatic heterocycles. The summed E-state index contributed by atoms with van der Waals surface area (Å²) in [7, 11) is 1.44. The first-order valence-corrected chi connectivity index (χ1v) is 8.23. The molecule has 0 unspecified atom stereocenters. The van der Waals surface area contributed by atoms with E-state index in [1.54, 1.807) is 0 Å². The highest BCUT2D eigenvalue weighted by Crippen LogP contribution is 2.42. The van der Waals surface area contributed by atoms with Crippen LogP contribution in [-0.2, 0) is 5.41 Å². The molecule has 1 saturated carbocycles. The molecule has 1 aliphatic carbocycles.